The SMILES string of the molecule is CN=C(NCC(=O)N1CCc2sccc2C1)N1CCC(CSc2ccccc2)C1.I. The van der Waals surface area contributed by atoms with E-state index >= 15 is 0 Å². The number of benzene rings is 1. The van der Waals surface area contributed by atoms with E-state index in [-0.39, 0.29) is 29.9 Å². The predicted octanol–water partition coefficient (Wildman–Crippen LogP) is 3.94. The minimum Gasteiger partial charge on any atom is -0.347 e. The van der Waals surface area contributed by atoms with E-state index in [4.69, 9.17) is 0 Å². The summed E-state index contributed by atoms with van der Waals surface area (Å²) < 4.78 is 0. The molecule has 0 aliphatic carbocycles. The van der Waals surface area contributed by atoms with E-state index in [1.54, 1.807) is 18.4 Å². The van der Waals surface area contributed by atoms with Crippen molar-refractivity contribution >= 4 is 58.9 Å². The van der Waals surface area contributed by atoms with Crippen molar-refractivity contribution in [2.75, 3.05) is 39.0 Å². The van der Waals surface area contributed by atoms with Gasteiger partial charge in [-0.15, -0.1) is 47.1 Å². The Morgan fingerprint density at radius 2 is 2.07 bits per heavy atom. The fraction of sp³-hybridized carbons (Fsp3) is 0.455. The van der Waals surface area contributed by atoms with Gasteiger partial charge in [-0.3, -0.25) is 9.79 Å². The molecule has 1 aromatic heterocycles. The summed E-state index contributed by atoms with van der Waals surface area (Å²) in [6.07, 6.45) is 2.14. The largest absolute Gasteiger partial charge is 0.347 e. The Balaban J connectivity index is 0.00000256. The number of aliphatic imine (C=N–C) groups is 1. The van der Waals surface area contributed by atoms with Gasteiger partial charge in [0.25, 0.3) is 0 Å². The fourth-order valence-electron chi connectivity index (χ4n) is 3.95. The van der Waals surface area contributed by atoms with Crippen molar-refractivity contribution < 1.29 is 4.79 Å². The highest BCUT2D eigenvalue weighted by Gasteiger charge is 2.26. The average molecular weight is 557 g/mol. The first-order valence-electron chi connectivity index (χ1n) is 10.2. The van der Waals surface area contributed by atoms with E-state index in [1.165, 1.54) is 21.8 Å². The summed E-state index contributed by atoms with van der Waals surface area (Å²) in [5, 5.41) is 5.42. The van der Waals surface area contributed by atoms with Crippen LogP contribution in [-0.2, 0) is 17.8 Å². The molecule has 1 amide bonds. The Kier molecular flexibility index (Phi) is 8.88. The first-order chi connectivity index (χ1) is 14.2. The highest BCUT2D eigenvalue weighted by atomic mass is 127. The lowest BCUT2D eigenvalue weighted by molar-refractivity contribution is -0.130. The zero-order chi connectivity index (χ0) is 20.1. The van der Waals surface area contributed by atoms with Crippen molar-refractivity contribution in [3.63, 3.8) is 0 Å². The quantitative estimate of drug-likeness (QED) is 0.263. The smallest absolute Gasteiger partial charge is 0.242 e. The maximum absolute atomic E-state index is 12.7. The van der Waals surface area contributed by atoms with Crippen LogP contribution in [-0.4, -0.2) is 60.6 Å². The molecule has 1 saturated heterocycles. The number of hydrogen-bond acceptors (Lipinski definition) is 4. The first kappa shape index (κ1) is 23.4. The topological polar surface area (TPSA) is 47.9 Å². The van der Waals surface area contributed by atoms with Crippen LogP contribution in [0, 0.1) is 5.92 Å². The molecule has 1 N–H and O–H groups in total. The molecule has 1 unspecified atom stereocenters. The lowest BCUT2D eigenvalue weighted by Gasteiger charge is -2.28. The summed E-state index contributed by atoms with van der Waals surface area (Å²) in [4.78, 5) is 24.1. The van der Waals surface area contributed by atoms with Crippen LogP contribution in [0.4, 0.5) is 0 Å². The average Bonchev–Trinajstić information content (AvgIpc) is 3.42. The number of carbonyl (C=O) groups excluding carboxylic acids is 1. The van der Waals surface area contributed by atoms with E-state index in [9.17, 15) is 4.79 Å². The van der Waals surface area contributed by atoms with Gasteiger partial charge in [-0.05, 0) is 47.9 Å². The Morgan fingerprint density at radius 1 is 1.23 bits per heavy atom. The Bertz CT molecular complexity index is 858. The molecule has 2 aromatic rings. The van der Waals surface area contributed by atoms with E-state index in [1.807, 2.05) is 16.7 Å². The Labute approximate surface area is 204 Å². The number of thiophene rings is 1. The van der Waals surface area contributed by atoms with Crippen LogP contribution in [0.1, 0.15) is 16.9 Å². The molecule has 0 saturated carbocycles. The minimum absolute atomic E-state index is 0. The van der Waals surface area contributed by atoms with E-state index in [2.05, 4.69) is 57.0 Å². The summed E-state index contributed by atoms with van der Waals surface area (Å²) in [5.41, 5.74) is 1.30. The van der Waals surface area contributed by atoms with Gasteiger partial charge in [0, 0.05) is 48.8 Å². The van der Waals surface area contributed by atoms with E-state index < -0.39 is 0 Å². The van der Waals surface area contributed by atoms with Crippen LogP contribution in [0.5, 0.6) is 0 Å². The van der Waals surface area contributed by atoms with Gasteiger partial charge in [-0.2, -0.15) is 0 Å². The van der Waals surface area contributed by atoms with Crippen LogP contribution in [0.15, 0.2) is 51.7 Å². The molecule has 5 nitrogen and oxygen atoms in total. The summed E-state index contributed by atoms with van der Waals surface area (Å²) in [7, 11) is 1.80. The molecule has 1 atom stereocenters. The lowest BCUT2D eigenvalue weighted by atomic mass is 10.1. The molecule has 30 heavy (non-hydrogen) atoms. The van der Waals surface area contributed by atoms with Gasteiger partial charge in [0.2, 0.25) is 5.91 Å². The Hall–Kier alpha value is -1.26. The zero-order valence-corrected chi connectivity index (χ0v) is 21.2. The van der Waals surface area contributed by atoms with E-state index in [0.29, 0.717) is 12.5 Å². The van der Waals surface area contributed by atoms with Crippen molar-refractivity contribution in [1.82, 2.24) is 15.1 Å². The van der Waals surface area contributed by atoms with Crippen molar-refractivity contribution in [2.45, 2.75) is 24.3 Å². The minimum atomic E-state index is 0. The normalized spacial score (nSPS) is 18.7. The molecule has 3 heterocycles. The standard InChI is InChI=1S/C22H28N4OS2.HI/c1-23-22(24-13-21(27)25-11-8-20-18(15-25)9-12-28-20)26-10-7-17(14-26)16-29-19-5-3-2-4-6-19;/h2-6,9,12,17H,7-8,10-11,13-16H2,1H3,(H,23,24);1H. The molecule has 8 heteroatoms. The molecule has 0 spiro atoms. The van der Waals surface area contributed by atoms with Gasteiger partial charge >= 0.3 is 0 Å². The first-order valence-corrected chi connectivity index (χ1v) is 12.1. The highest BCUT2D eigenvalue weighted by Crippen LogP contribution is 2.26. The third-order valence-corrected chi connectivity index (χ3v) is 7.85. The monoisotopic (exact) mass is 556 g/mol. The van der Waals surface area contributed by atoms with Crippen LogP contribution in [0.3, 0.4) is 0 Å². The lowest BCUT2D eigenvalue weighted by Crippen LogP contribution is -2.46. The number of halogens is 1. The number of likely N-dealkylation sites (tertiary alicyclic amines) is 1. The van der Waals surface area contributed by atoms with Crippen molar-refractivity contribution in [2.24, 2.45) is 10.9 Å². The molecule has 1 aromatic carbocycles. The number of carbonyl (C=O) groups is 1. The molecule has 0 radical (unpaired) electrons. The highest BCUT2D eigenvalue weighted by molar-refractivity contribution is 14.0. The van der Waals surface area contributed by atoms with Crippen LogP contribution >= 0.6 is 47.1 Å². The zero-order valence-electron chi connectivity index (χ0n) is 17.3. The van der Waals surface area contributed by atoms with Crippen LogP contribution in [0.25, 0.3) is 0 Å². The summed E-state index contributed by atoms with van der Waals surface area (Å²) in [6.45, 7) is 3.85. The summed E-state index contributed by atoms with van der Waals surface area (Å²) in [6, 6.07) is 12.7. The molecule has 2 aliphatic rings. The molecular formula is C22H29IN4OS2. The molecule has 2 aliphatic heterocycles. The number of hydrogen-bond donors (Lipinski definition) is 1. The van der Waals surface area contributed by atoms with Crippen molar-refractivity contribution in [3.05, 3.63) is 52.2 Å². The van der Waals surface area contributed by atoms with E-state index in [0.717, 1.165) is 44.3 Å². The number of guanidine groups is 1. The number of thioether (sulfide) groups is 1. The second-order valence-corrected chi connectivity index (χ2v) is 9.65. The molecular weight excluding hydrogens is 527 g/mol. The Morgan fingerprint density at radius 3 is 2.87 bits per heavy atom. The maximum Gasteiger partial charge on any atom is 0.242 e. The van der Waals surface area contributed by atoms with Crippen LogP contribution in [0.2, 0.25) is 0 Å². The number of rotatable bonds is 5. The van der Waals surface area contributed by atoms with Gasteiger partial charge < -0.3 is 15.1 Å². The molecule has 4 rings (SSSR count). The van der Waals surface area contributed by atoms with Crippen molar-refractivity contribution in [3.8, 4) is 0 Å². The summed E-state index contributed by atoms with van der Waals surface area (Å²) in [5.74, 6) is 2.76. The van der Waals surface area contributed by atoms with Crippen molar-refractivity contribution in [1.29, 1.82) is 0 Å². The second kappa shape index (κ2) is 11.4. The fourth-order valence-corrected chi connectivity index (χ4v) is 5.89. The molecule has 1 fully saturated rings. The summed E-state index contributed by atoms with van der Waals surface area (Å²) >= 11 is 3.72. The maximum atomic E-state index is 12.7. The van der Waals surface area contributed by atoms with Gasteiger partial charge in [0.1, 0.15) is 0 Å². The molecule has 0 bridgehead atoms. The van der Waals surface area contributed by atoms with Gasteiger partial charge in [-0.25, -0.2) is 0 Å². The number of amides is 1. The third-order valence-electron chi connectivity index (χ3n) is 5.58. The third kappa shape index (κ3) is 5.91. The number of nitrogens with one attached hydrogen (secondary N) is 1. The van der Waals surface area contributed by atoms with Gasteiger partial charge in [0.15, 0.2) is 5.96 Å². The van der Waals surface area contributed by atoms with Gasteiger partial charge in [0.05, 0.1) is 6.54 Å². The number of fused-ring (bicyclic) bond motifs is 1. The predicted molar refractivity (Wildman–Crippen MR) is 137 cm³/mol. The second-order valence-electron chi connectivity index (χ2n) is 7.56. The van der Waals surface area contributed by atoms with Crippen LogP contribution < -0.4 is 5.32 Å². The molecule has 162 valence electrons. The van der Waals surface area contributed by atoms with Gasteiger partial charge in [-0.1, -0.05) is 18.2 Å². The number of nitrogens with zero attached hydrogens (tertiary/aromatic N) is 3.